The van der Waals surface area contributed by atoms with Crippen molar-refractivity contribution in [2.45, 2.75) is 20.3 Å². The molecule has 0 radical (unpaired) electrons. The number of imide groups is 1. The van der Waals surface area contributed by atoms with Crippen LogP contribution in [0.5, 0.6) is 5.75 Å². The molecule has 0 aromatic heterocycles. The summed E-state index contributed by atoms with van der Waals surface area (Å²) in [6.07, 6.45) is 5.46. The highest BCUT2D eigenvalue weighted by molar-refractivity contribution is 6.32. The van der Waals surface area contributed by atoms with Gasteiger partial charge < -0.3 is 4.74 Å². The summed E-state index contributed by atoms with van der Waals surface area (Å²) in [5.74, 6) is 0.764. The molecular weight excluding hydrogens is 426 g/mol. The molecule has 1 saturated heterocycles. The number of benzene rings is 2. The fraction of sp³-hybridized carbons (Fsp3) is 0.346. The Morgan fingerprint density at radius 1 is 0.938 bits per heavy atom. The molecule has 2 amide bonds. The van der Waals surface area contributed by atoms with Crippen LogP contribution in [0.1, 0.15) is 27.9 Å². The first kappa shape index (κ1) is 19.7. The summed E-state index contributed by atoms with van der Waals surface area (Å²) in [5.41, 5.74) is 2.52. The molecule has 32 heavy (non-hydrogen) atoms. The predicted octanol–water partition coefficient (Wildman–Crippen LogP) is 4.73. The number of esters is 1. The zero-order valence-corrected chi connectivity index (χ0v) is 18.5. The molecule has 2 saturated carbocycles. The lowest BCUT2D eigenvalue weighted by atomic mass is 9.63. The molecule has 0 unspecified atom stereocenters. The van der Waals surface area contributed by atoms with Gasteiger partial charge in [0.2, 0.25) is 11.8 Å². The van der Waals surface area contributed by atoms with Crippen molar-refractivity contribution in [3.63, 3.8) is 0 Å². The molecule has 6 atom stereocenters. The van der Waals surface area contributed by atoms with Gasteiger partial charge in [-0.05, 0) is 91.5 Å². The van der Waals surface area contributed by atoms with Crippen molar-refractivity contribution in [2.75, 3.05) is 4.90 Å². The van der Waals surface area contributed by atoms with Crippen LogP contribution in [0.25, 0.3) is 0 Å². The third-order valence-corrected chi connectivity index (χ3v) is 8.24. The molecular formula is C26H22ClNO4. The number of anilines is 1. The molecule has 1 heterocycles. The van der Waals surface area contributed by atoms with Gasteiger partial charge >= 0.3 is 5.97 Å². The quantitative estimate of drug-likeness (QED) is 0.295. The molecule has 4 aliphatic carbocycles. The zero-order chi connectivity index (χ0) is 22.3. The van der Waals surface area contributed by atoms with E-state index in [0.717, 1.165) is 17.5 Å². The van der Waals surface area contributed by atoms with Crippen LogP contribution in [0.4, 0.5) is 5.69 Å². The first-order chi connectivity index (χ1) is 15.3. The summed E-state index contributed by atoms with van der Waals surface area (Å²) in [4.78, 5) is 40.4. The van der Waals surface area contributed by atoms with Gasteiger partial charge in [0, 0.05) is 5.02 Å². The smallest absolute Gasteiger partial charge is 0.343 e. The Morgan fingerprint density at radius 3 is 2.00 bits per heavy atom. The van der Waals surface area contributed by atoms with Gasteiger partial charge in [0.1, 0.15) is 5.75 Å². The Bertz CT molecular complexity index is 1160. The maximum atomic E-state index is 13.2. The number of hydrogen-bond donors (Lipinski definition) is 0. The molecule has 7 rings (SSSR count). The first-order valence-corrected chi connectivity index (χ1v) is 11.4. The third-order valence-electron chi connectivity index (χ3n) is 7.64. The number of halogens is 1. The molecule has 0 spiro atoms. The van der Waals surface area contributed by atoms with Crippen LogP contribution in [0, 0.1) is 49.4 Å². The Morgan fingerprint density at radius 2 is 1.47 bits per heavy atom. The summed E-state index contributed by atoms with van der Waals surface area (Å²) < 4.78 is 5.50. The highest BCUT2D eigenvalue weighted by Crippen LogP contribution is 2.65. The topological polar surface area (TPSA) is 63.7 Å². The summed E-state index contributed by atoms with van der Waals surface area (Å²) >= 11 is 6.18. The monoisotopic (exact) mass is 447 g/mol. The van der Waals surface area contributed by atoms with E-state index in [1.807, 2.05) is 13.8 Å². The van der Waals surface area contributed by atoms with Crippen molar-refractivity contribution in [2.24, 2.45) is 35.5 Å². The van der Waals surface area contributed by atoms with Gasteiger partial charge in [-0.2, -0.15) is 0 Å². The van der Waals surface area contributed by atoms with Crippen LogP contribution in [-0.2, 0) is 9.59 Å². The van der Waals surface area contributed by atoms with E-state index in [9.17, 15) is 14.4 Å². The van der Waals surface area contributed by atoms with E-state index in [2.05, 4.69) is 12.2 Å². The van der Waals surface area contributed by atoms with E-state index >= 15 is 0 Å². The van der Waals surface area contributed by atoms with E-state index in [0.29, 0.717) is 33.9 Å². The fourth-order valence-corrected chi connectivity index (χ4v) is 6.20. The maximum absolute atomic E-state index is 13.2. The second-order valence-corrected chi connectivity index (χ2v) is 9.85. The Balaban J connectivity index is 1.22. The lowest BCUT2D eigenvalue weighted by Crippen LogP contribution is -2.40. The second kappa shape index (κ2) is 6.79. The van der Waals surface area contributed by atoms with E-state index in [4.69, 9.17) is 16.3 Å². The minimum atomic E-state index is -0.507. The second-order valence-electron chi connectivity index (χ2n) is 9.47. The minimum absolute atomic E-state index is 0.104. The molecule has 2 bridgehead atoms. The molecule has 1 aliphatic heterocycles. The minimum Gasteiger partial charge on any atom is -0.423 e. The van der Waals surface area contributed by atoms with Gasteiger partial charge in [-0.25, -0.2) is 4.79 Å². The lowest BCUT2D eigenvalue weighted by molar-refractivity contribution is -0.124. The molecule has 6 heteroatoms. The molecule has 5 aliphatic rings. The van der Waals surface area contributed by atoms with Crippen LogP contribution < -0.4 is 9.64 Å². The van der Waals surface area contributed by atoms with Crippen molar-refractivity contribution in [1.82, 2.24) is 0 Å². The van der Waals surface area contributed by atoms with Crippen molar-refractivity contribution < 1.29 is 19.1 Å². The average molecular weight is 448 g/mol. The van der Waals surface area contributed by atoms with E-state index in [1.165, 1.54) is 4.90 Å². The normalized spacial score (nSPS) is 31.5. The summed E-state index contributed by atoms with van der Waals surface area (Å²) in [7, 11) is 0. The third kappa shape index (κ3) is 2.73. The molecule has 3 fully saturated rings. The van der Waals surface area contributed by atoms with Gasteiger partial charge in [0.15, 0.2) is 0 Å². The van der Waals surface area contributed by atoms with Crippen molar-refractivity contribution in [1.29, 1.82) is 0 Å². The SMILES string of the molecule is Cc1cc(OC(=O)c2ccc(N3C(=O)[C@H]4[C@@H]5C=C[C@H]([C@H]6C[C@H]56)[C@@H]4C3=O)cc2)cc(C)c1Cl. The highest BCUT2D eigenvalue weighted by atomic mass is 35.5. The van der Waals surface area contributed by atoms with Crippen molar-refractivity contribution in [3.05, 3.63) is 70.3 Å². The van der Waals surface area contributed by atoms with Gasteiger partial charge in [-0.1, -0.05) is 23.8 Å². The average Bonchev–Trinajstić information content (AvgIpc) is 3.55. The summed E-state index contributed by atoms with van der Waals surface area (Å²) in [6, 6.07) is 9.94. The fourth-order valence-electron chi connectivity index (χ4n) is 6.09. The molecule has 162 valence electrons. The van der Waals surface area contributed by atoms with Crippen LogP contribution in [0.15, 0.2) is 48.6 Å². The number of aryl methyl sites for hydroxylation is 2. The lowest BCUT2D eigenvalue weighted by Gasteiger charge is -2.37. The largest absolute Gasteiger partial charge is 0.423 e. The molecule has 2 aromatic carbocycles. The number of ether oxygens (including phenoxy) is 1. The predicted molar refractivity (Wildman–Crippen MR) is 120 cm³/mol. The van der Waals surface area contributed by atoms with Crippen molar-refractivity contribution >= 4 is 35.1 Å². The van der Waals surface area contributed by atoms with E-state index in [1.54, 1.807) is 36.4 Å². The standard InChI is InChI=1S/C26H22ClNO4/c1-12-9-16(10-13(2)23(12)27)32-26(31)14-3-5-15(6-4-14)28-24(29)21-17-7-8-18(20-11-19(17)20)22(21)25(28)30/h3-10,17-22H,11H2,1-2H3/t17-,18-,19-,20-,21+,22+/m1/s1. The summed E-state index contributed by atoms with van der Waals surface area (Å²) in [6.45, 7) is 3.71. The Hall–Kier alpha value is -2.92. The number of amides is 2. The van der Waals surface area contributed by atoms with Gasteiger partial charge in [-0.15, -0.1) is 0 Å². The number of carbonyl (C=O) groups excluding carboxylic acids is 3. The van der Waals surface area contributed by atoms with Crippen LogP contribution >= 0.6 is 11.6 Å². The van der Waals surface area contributed by atoms with Crippen molar-refractivity contribution in [3.8, 4) is 5.75 Å². The zero-order valence-electron chi connectivity index (χ0n) is 17.7. The Kier molecular flexibility index (Phi) is 4.19. The number of rotatable bonds is 3. The van der Waals surface area contributed by atoms with Crippen LogP contribution in [0.2, 0.25) is 5.02 Å². The number of hydrogen-bond acceptors (Lipinski definition) is 4. The van der Waals surface area contributed by atoms with E-state index in [-0.39, 0.29) is 35.5 Å². The molecule has 0 N–H and O–H groups in total. The number of carbonyl (C=O) groups is 3. The molecule has 5 nitrogen and oxygen atoms in total. The maximum Gasteiger partial charge on any atom is 0.343 e. The molecule has 2 aromatic rings. The summed E-state index contributed by atoms with van der Waals surface area (Å²) in [5, 5.41) is 0.649. The van der Waals surface area contributed by atoms with Gasteiger partial charge in [-0.3, -0.25) is 14.5 Å². The van der Waals surface area contributed by atoms with Crippen LogP contribution in [-0.4, -0.2) is 17.8 Å². The Labute approximate surface area is 191 Å². The number of nitrogens with zero attached hydrogens (tertiary/aromatic N) is 1. The highest BCUT2D eigenvalue weighted by Gasteiger charge is 2.67. The first-order valence-electron chi connectivity index (χ1n) is 11.0. The van der Waals surface area contributed by atoms with Crippen LogP contribution in [0.3, 0.4) is 0 Å². The van der Waals surface area contributed by atoms with Gasteiger partial charge in [0.05, 0.1) is 23.1 Å². The van der Waals surface area contributed by atoms with E-state index < -0.39 is 5.97 Å². The van der Waals surface area contributed by atoms with Gasteiger partial charge in [0.25, 0.3) is 0 Å². The number of allylic oxidation sites excluding steroid dienone is 2.